The third kappa shape index (κ3) is 68.5. The highest BCUT2D eigenvalue weighted by Crippen LogP contribution is 2.18. The van der Waals surface area contributed by atoms with Crippen LogP contribution in [0.15, 0.2) is 60.8 Å². The lowest BCUT2D eigenvalue weighted by atomic mass is 10.0. The van der Waals surface area contributed by atoms with E-state index in [0.717, 1.165) is 57.8 Å². The van der Waals surface area contributed by atoms with Crippen LogP contribution in [0.4, 0.5) is 0 Å². The molecule has 6 nitrogen and oxygen atoms in total. The molecule has 0 rings (SSSR count). The number of ether oxygens (including phenoxy) is 1. The molecule has 0 fully saturated rings. The minimum Gasteiger partial charge on any atom is -0.466 e. The van der Waals surface area contributed by atoms with Crippen LogP contribution in [0, 0.1) is 0 Å². The molecule has 0 aliphatic heterocycles. The molecule has 0 aliphatic rings. The lowest BCUT2D eigenvalue weighted by Crippen LogP contribution is -2.45. The largest absolute Gasteiger partial charge is 0.466 e. The van der Waals surface area contributed by atoms with Crippen molar-refractivity contribution in [3.05, 3.63) is 60.8 Å². The zero-order chi connectivity index (χ0) is 59.9. The topological polar surface area (TPSA) is 95.9 Å². The van der Waals surface area contributed by atoms with Gasteiger partial charge in [-0.3, -0.25) is 9.59 Å². The Balaban J connectivity index is 3.45. The van der Waals surface area contributed by atoms with Crippen LogP contribution in [0.1, 0.15) is 393 Å². The third-order valence-electron chi connectivity index (χ3n) is 17.0. The van der Waals surface area contributed by atoms with Gasteiger partial charge < -0.3 is 20.3 Å². The molecule has 0 aliphatic carbocycles. The Kier molecular flexibility index (Phi) is 69.9. The van der Waals surface area contributed by atoms with Crippen LogP contribution in [0.3, 0.4) is 0 Å². The number of carbonyl (C=O) groups excluding carboxylic acids is 2. The first-order valence-corrected chi connectivity index (χ1v) is 37.1. The number of hydrogen-bond donors (Lipinski definition) is 3. The van der Waals surface area contributed by atoms with Crippen molar-refractivity contribution >= 4 is 11.9 Å². The highest BCUT2D eigenvalue weighted by atomic mass is 16.5. The van der Waals surface area contributed by atoms with Gasteiger partial charge in [0.25, 0.3) is 0 Å². The van der Waals surface area contributed by atoms with Crippen LogP contribution in [0.2, 0.25) is 0 Å². The van der Waals surface area contributed by atoms with Crippen molar-refractivity contribution < 1.29 is 24.5 Å². The number of carbonyl (C=O) groups is 2. The summed E-state index contributed by atoms with van der Waals surface area (Å²) in [5, 5.41) is 23.3. The second kappa shape index (κ2) is 72.0. The summed E-state index contributed by atoms with van der Waals surface area (Å²) in [7, 11) is 0. The van der Waals surface area contributed by atoms with E-state index in [1.807, 2.05) is 6.08 Å². The molecular weight excluding hydrogens is 1020 g/mol. The number of allylic oxidation sites excluding steroid dienone is 9. The maximum Gasteiger partial charge on any atom is 0.305 e. The molecule has 0 aromatic rings. The van der Waals surface area contributed by atoms with Gasteiger partial charge in [0, 0.05) is 12.8 Å². The summed E-state index contributed by atoms with van der Waals surface area (Å²) in [6.07, 6.45) is 95.9. The molecule has 0 aromatic carbocycles. The molecule has 0 heterocycles. The van der Waals surface area contributed by atoms with Gasteiger partial charge in [0.15, 0.2) is 0 Å². The molecule has 3 N–H and O–H groups in total. The quantitative estimate of drug-likeness (QED) is 0.0320. The molecule has 0 bridgehead atoms. The third-order valence-corrected chi connectivity index (χ3v) is 17.0. The average Bonchev–Trinajstić information content (AvgIpc) is 3.48. The van der Waals surface area contributed by atoms with Crippen LogP contribution in [0.25, 0.3) is 0 Å². The summed E-state index contributed by atoms with van der Waals surface area (Å²) in [6, 6.07) is -0.633. The monoisotopic (exact) mass is 1160 g/mol. The van der Waals surface area contributed by atoms with Crippen molar-refractivity contribution in [1.29, 1.82) is 0 Å². The van der Waals surface area contributed by atoms with Crippen molar-refractivity contribution in [2.45, 2.75) is 405 Å². The molecular formula is C77H143NO5. The van der Waals surface area contributed by atoms with Crippen LogP contribution in [0.5, 0.6) is 0 Å². The van der Waals surface area contributed by atoms with E-state index in [9.17, 15) is 19.8 Å². The first-order chi connectivity index (χ1) is 41.0. The van der Waals surface area contributed by atoms with Crippen LogP contribution in [-0.2, 0) is 14.3 Å². The number of rotatable bonds is 69. The van der Waals surface area contributed by atoms with E-state index >= 15 is 0 Å². The van der Waals surface area contributed by atoms with Crippen molar-refractivity contribution in [2.24, 2.45) is 0 Å². The average molecular weight is 1160 g/mol. The van der Waals surface area contributed by atoms with E-state index in [2.05, 4.69) is 67.8 Å². The van der Waals surface area contributed by atoms with Gasteiger partial charge in [-0.05, 0) is 96.3 Å². The number of aliphatic hydroxyl groups is 2. The Morgan fingerprint density at radius 3 is 0.940 bits per heavy atom. The van der Waals surface area contributed by atoms with E-state index in [1.165, 1.54) is 308 Å². The van der Waals surface area contributed by atoms with Crippen molar-refractivity contribution in [1.82, 2.24) is 5.32 Å². The maximum atomic E-state index is 12.5. The summed E-state index contributed by atoms with van der Waals surface area (Å²) in [5.41, 5.74) is 0. The second-order valence-corrected chi connectivity index (χ2v) is 25.3. The van der Waals surface area contributed by atoms with Crippen molar-refractivity contribution in [3.63, 3.8) is 0 Å². The summed E-state index contributed by atoms with van der Waals surface area (Å²) in [4.78, 5) is 24.6. The Morgan fingerprint density at radius 1 is 0.337 bits per heavy atom. The second-order valence-electron chi connectivity index (χ2n) is 25.3. The molecule has 2 unspecified atom stereocenters. The zero-order valence-electron chi connectivity index (χ0n) is 55.7. The number of nitrogens with one attached hydrogen (secondary N) is 1. The van der Waals surface area contributed by atoms with Crippen molar-refractivity contribution in [3.8, 4) is 0 Å². The fourth-order valence-electron chi connectivity index (χ4n) is 11.3. The first kappa shape index (κ1) is 80.6. The highest BCUT2D eigenvalue weighted by molar-refractivity contribution is 5.76. The first-order valence-electron chi connectivity index (χ1n) is 37.1. The Hall–Kier alpha value is -2.44. The normalized spacial score (nSPS) is 12.9. The molecule has 0 spiro atoms. The molecule has 2 atom stereocenters. The molecule has 486 valence electrons. The van der Waals surface area contributed by atoms with Gasteiger partial charge >= 0.3 is 5.97 Å². The molecule has 83 heavy (non-hydrogen) atoms. The number of hydrogen-bond acceptors (Lipinski definition) is 5. The highest BCUT2D eigenvalue weighted by Gasteiger charge is 2.18. The van der Waals surface area contributed by atoms with Gasteiger partial charge in [-0.15, -0.1) is 0 Å². The molecule has 0 aromatic heterocycles. The van der Waals surface area contributed by atoms with Crippen LogP contribution < -0.4 is 5.32 Å². The fraction of sp³-hybridized carbons (Fsp3) is 0.844. The summed E-state index contributed by atoms with van der Waals surface area (Å²) in [6.45, 7) is 4.90. The predicted octanol–water partition coefficient (Wildman–Crippen LogP) is 24.2. The minimum atomic E-state index is -0.850. The minimum absolute atomic E-state index is 0.00373. The zero-order valence-corrected chi connectivity index (χ0v) is 55.7. The summed E-state index contributed by atoms with van der Waals surface area (Å²) < 4.78 is 5.48. The van der Waals surface area contributed by atoms with Crippen molar-refractivity contribution in [2.75, 3.05) is 13.2 Å². The lowest BCUT2D eigenvalue weighted by Gasteiger charge is -2.20. The van der Waals surface area contributed by atoms with E-state index in [4.69, 9.17) is 4.74 Å². The number of unbranched alkanes of at least 4 members (excludes halogenated alkanes) is 50. The Bertz CT molecular complexity index is 1430. The molecule has 1 amide bonds. The summed E-state index contributed by atoms with van der Waals surface area (Å²) >= 11 is 0. The predicted molar refractivity (Wildman–Crippen MR) is 365 cm³/mol. The lowest BCUT2D eigenvalue weighted by molar-refractivity contribution is -0.143. The Morgan fingerprint density at radius 2 is 0.602 bits per heavy atom. The van der Waals surface area contributed by atoms with Gasteiger partial charge in [-0.2, -0.15) is 0 Å². The molecule has 0 radical (unpaired) electrons. The van der Waals surface area contributed by atoms with Gasteiger partial charge in [0.05, 0.1) is 25.4 Å². The standard InChI is InChI=1S/C77H143NO5/c1-3-5-7-9-11-13-15-17-19-20-21-22-23-29-32-35-38-42-45-49-53-57-61-65-69-75(80)74(73-79)78-76(81)70-66-62-58-54-50-46-43-39-36-33-30-27-25-24-26-28-31-34-37-40-44-48-52-56-60-64-68-72-83-77(82)71-67-63-59-55-51-47-41-18-16-14-12-10-8-6-4-2/h12,14,18,24-25,28,31,41,65,69,74-75,79-80H,3-11,13,15-17,19-23,26-27,29-30,32-40,42-64,66-68,70-73H2,1-2H3,(H,78,81)/b14-12-,25-24-,31-28-,41-18-,69-65+. The number of amides is 1. The van der Waals surface area contributed by atoms with Gasteiger partial charge in [0.2, 0.25) is 5.91 Å². The van der Waals surface area contributed by atoms with E-state index in [0.29, 0.717) is 19.4 Å². The number of esters is 1. The van der Waals surface area contributed by atoms with Crippen LogP contribution >= 0.6 is 0 Å². The van der Waals surface area contributed by atoms with Crippen LogP contribution in [-0.4, -0.2) is 47.4 Å². The Labute approximate surface area is 518 Å². The van der Waals surface area contributed by atoms with E-state index < -0.39 is 12.1 Å². The fourth-order valence-corrected chi connectivity index (χ4v) is 11.3. The van der Waals surface area contributed by atoms with Gasteiger partial charge in [0.1, 0.15) is 0 Å². The SMILES string of the molecule is CCCCC/C=C\C/C=C\CCCCCCCC(=O)OCCCCCCCCCCC/C=C\C/C=C\CCCCCCCCCCCCCC(=O)NC(CO)C(O)/C=C/CCCCCCCCCCCCCCCCCCCCCCCC. The smallest absolute Gasteiger partial charge is 0.305 e. The molecule has 6 heteroatoms. The maximum absolute atomic E-state index is 12.5. The van der Waals surface area contributed by atoms with Gasteiger partial charge in [-0.25, -0.2) is 0 Å². The van der Waals surface area contributed by atoms with E-state index in [1.54, 1.807) is 6.08 Å². The number of aliphatic hydroxyl groups excluding tert-OH is 2. The van der Waals surface area contributed by atoms with E-state index in [-0.39, 0.29) is 18.5 Å². The summed E-state index contributed by atoms with van der Waals surface area (Å²) in [5.74, 6) is -0.0716. The molecule has 0 saturated carbocycles. The van der Waals surface area contributed by atoms with Gasteiger partial charge in [-0.1, -0.05) is 344 Å². The molecule has 0 saturated heterocycles.